The Kier molecular flexibility index (Phi) is 4.55. The van der Waals surface area contributed by atoms with Gasteiger partial charge in [-0.15, -0.1) is 0 Å². The molecule has 0 heterocycles. The fourth-order valence-corrected chi connectivity index (χ4v) is 1.26. The zero-order valence-corrected chi connectivity index (χ0v) is 9.66. The van der Waals surface area contributed by atoms with Crippen molar-refractivity contribution in [1.29, 1.82) is 0 Å². The molecule has 0 radical (unpaired) electrons. The minimum absolute atomic E-state index is 0.268. The number of hydrogen-bond donors (Lipinski definition) is 0. The molecule has 0 N–H and O–H groups in total. The minimum Gasteiger partial charge on any atom is -0.467 e. The molecule has 0 amide bonds. The maximum atomic E-state index is 12.8. The van der Waals surface area contributed by atoms with Crippen LogP contribution in [-0.2, 0) is 9.53 Å². The zero-order valence-electron chi connectivity index (χ0n) is 8.07. The van der Waals surface area contributed by atoms with E-state index < -0.39 is 16.8 Å². The van der Waals surface area contributed by atoms with Gasteiger partial charge >= 0.3 is 5.97 Å². The molecule has 0 saturated heterocycles. The van der Waals surface area contributed by atoms with Crippen LogP contribution in [0.15, 0.2) is 24.3 Å². The first-order valence-electron chi connectivity index (χ1n) is 4.36. The van der Waals surface area contributed by atoms with Crippen LogP contribution in [0.25, 0.3) is 0 Å². The lowest BCUT2D eigenvalue weighted by atomic mass is 10.3. The molecule has 82 valence electrons. The van der Waals surface area contributed by atoms with Crippen molar-refractivity contribution in [3.8, 4) is 5.75 Å². The Hall–Kier alpha value is -1.10. The Labute approximate surface area is 95.3 Å². The van der Waals surface area contributed by atoms with Gasteiger partial charge in [0.25, 0.3) is 0 Å². The van der Waals surface area contributed by atoms with Crippen molar-refractivity contribution in [3.05, 3.63) is 30.1 Å². The maximum absolute atomic E-state index is 12.8. The predicted molar refractivity (Wildman–Crippen MR) is 56.4 cm³/mol. The van der Waals surface area contributed by atoms with E-state index in [1.165, 1.54) is 18.2 Å². The average Bonchev–Trinajstić information content (AvgIpc) is 2.18. The number of benzene rings is 1. The van der Waals surface area contributed by atoms with Gasteiger partial charge in [-0.05, 0) is 35.0 Å². The molecule has 3 nitrogen and oxygen atoms in total. The Morgan fingerprint density at radius 1 is 1.60 bits per heavy atom. The molecule has 0 saturated carbocycles. The number of carbonyl (C=O) groups excluding carboxylic acids is 1. The van der Waals surface area contributed by atoms with Gasteiger partial charge < -0.3 is 9.47 Å². The summed E-state index contributed by atoms with van der Waals surface area (Å²) in [6.07, 6.45) is 0. The van der Waals surface area contributed by atoms with Gasteiger partial charge in [-0.1, -0.05) is 6.07 Å². The lowest BCUT2D eigenvalue weighted by Crippen LogP contribution is -2.23. The Bertz CT molecular complexity index is 343. The van der Waals surface area contributed by atoms with Crippen LogP contribution in [0.5, 0.6) is 5.75 Å². The lowest BCUT2D eigenvalue weighted by Gasteiger charge is -2.11. The quantitative estimate of drug-likeness (QED) is 0.626. The van der Waals surface area contributed by atoms with Crippen LogP contribution in [0.4, 0.5) is 4.39 Å². The standard InChI is InChI=1S/C10H10BrFO3/c1-2-14-10(13)9(11)15-8-5-3-4-7(12)6-8/h3-6,9H,2H2,1H3. The van der Waals surface area contributed by atoms with Crippen LogP contribution in [0, 0.1) is 5.82 Å². The SMILES string of the molecule is CCOC(=O)C(Br)Oc1cccc(F)c1. The summed E-state index contributed by atoms with van der Waals surface area (Å²) in [5.41, 5.74) is 0. The molecule has 0 aliphatic heterocycles. The number of rotatable bonds is 4. The zero-order chi connectivity index (χ0) is 11.3. The molecule has 0 aliphatic rings. The van der Waals surface area contributed by atoms with Gasteiger partial charge in [0.15, 0.2) is 0 Å². The van der Waals surface area contributed by atoms with Crippen molar-refractivity contribution < 1.29 is 18.7 Å². The van der Waals surface area contributed by atoms with Crippen molar-refractivity contribution >= 4 is 21.9 Å². The smallest absolute Gasteiger partial charge is 0.358 e. The second-order valence-corrected chi connectivity index (χ2v) is 3.47. The summed E-state index contributed by atoms with van der Waals surface area (Å²) in [6.45, 7) is 1.97. The highest BCUT2D eigenvalue weighted by Crippen LogP contribution is 2.16. The van der Waals surface area contributed by atoms with Crippen molar-refractivity contribution in [1.82, 2.24) is 0 Å². The van der Waals surface area contributed by atoms with Crippen LogP contribution >= 0.6 is 15.9 Å². The number of halogens is 2. The van der Waals surface area contributed by atoms with Crippen molar-refractivity contribution in [2.24, 2.45) is 0 Å². The molecule has 0 bridgehead atoms. The molecule has 0 aliphatic carbocycles. The second kappa shape index (κ2) is 5.70. The summed E-state index contributed by atoms with van der Waals surface area (Å²) >= 11 is 2.99. The van der Waals surface area contributed by atoms with E-state index in [1.807, 2.05) is 0 Å². The third-order valence-electron chi connectivity index (χ3n) is 1.51. The Balaban J connectivity index is 2.58. The third-order valence-corrected chi connectivity index (χ3v) is 2.07. The fraction of sp³-hybridized carbons (Fsp3) is 0.300. The molecular weight excluding hydrogens is 267 g/mol. The molecule has 1 rings (SSSR count). The molecule has 0 aromatic heterocycles. The van der Waals surface area contributed by atoms with Crippen molar-refractivity contribution in [2.75, 3.05) is 6.61 Å². The van der Waals surface area contributed by atoms with Crippen LogP contribution in [0.3, 0.4) is 0 Å². The van der Waals surface area contributed by atoms with E-state index in [0.717, 1.165) is 0 Å². The van der Waals surface area contributed by atoms with Crippen LogP contribution in [0.1, 0.15) is 6.92 Å². The van der Waals surface area contributed by atoms with Gasteiger partial charge in [-0.2, -0.15) is 0 Å². The second-order valence-electron chi connectivity index (χ2n) is 2.64. The monoisotopic (exact) mass is 276 g/mol. The summed E-state index contributed by atoms with van der Waals surface area (Å²) < 4.78 is 22.6. The van der Waals surface area contributed by atoms with E-state index in [9.17, 15) is 9.18 Å². The number of hydrogen-bond acceptors (Lipinski definition) is 3. The molecule has 15 heavy (non-hydrogen) atoms. The molecule has 1 aromatic carbocycles. The fourth-order valence-electron chi connectivity index (χ4n) is 0.916. The third kappa shape index (κ3) is 3.87. The summed E-state index contributed by atoms with van der Waals surface area (Å²) in [4.78, 5) is 11.1. The Morgan fingerprint density at radius 3 is 2.93 bits per heavy atom. The first kappa shape index (κ1) is 12.0. The maximum Gasteiger partial charge on any atom is 0.358 e. The van der Waals surface area contributed by atoms with Crippen molar-refractivity contribution in [2.45, 2.75) is 11.9 Å². The van der Waals surface area contributed by atoms with Crippen LogP contribution in [-0.4, -0.2) is 17.6 Å². The molecule has 1 aromatic rings. The van der Waals surface area contributed by atoms with Gasteiger partial charge in [0.05, 0.1) is 6.61 Å². The van der Waals surface area contributed by atoms with Gasteiger partial charge in [0.2, 0.25) is 5.01 Å². The van der Waals surface area contributed by atoms with E-state index in [2.05, 4.69) is 15.9 Å². The van der Waals surface area contributed by atoms with Gasteiger partial charge in [0.1, 0.15) is 11.6 Å². The summed E-state index contributed by atoms with van der Waals surface area (Å²) in [5, 5.41) is -0.917. The first-order chi connectivity index (χ1) is 7.13. The highest BCUT2D eigenvalue weighted by atomic mass is 79.9. The van der Waals surface area contributed by atoms with Crippen molar-refractivity contribution in [3.63, 3.8) is 0 Å². The predicted octanol–water partition coefficient (Wildman–Crippen LogP) is 2.49. The average molecular weight is 277 g/mol. The molecule has 1 atom stereocenters. The van der Waals surface area contributed by atoms with E-state index >= 15 is 0 Å². The van der Waals surface area contributed by atoms with E-state index in [-0.39, 0.29) is 12.4 Å². The minimum atomic E-state index is -0.917. The van der Waals surface area contributed by atoms with E-state index in [4.69, 9.17) is 9.47 Å². The summed E-state index contributed by atoms with van der Waals surface area (Å²) in [7, 11) is 0. The largest absolute Gasteiger partial charge is 0.467 e. The van der Waals surface area contributed by atoms with Gasteiger partial charge in [-0.25, -0.2) is 9.18 Å². The molecule has 0 fully saturated rings. The van der Waals surface area contributed by atoms with Crippen LogP contribution < -0.4 is 4.74 Å². The Morgan fingerprint density at radius 2 is 2.33 bits per heavy atom. The normalized spacial score (nSPS) is 11.9. The number of alkyl halides is 1. The number of ether oxygens (including phenoxy) is 2. The van der Waals surface area contributed by atoms with Crippen LogP contribution in [0.2, 0.25) is 0 Å². The molecular formula is C10H10BrFO3. The topological polar surface area (TPSA) is 35.5 Å². The molecule has 0 spiro atoms. The number of carbonyl (C=O) groups is 1. The number of esters is 1. The summed E-state index contributed by atoms with van der Waals surface area (Å²) in [5.74, 6) is -0.692. The van der Waals surface area contributed by atoms with E-state index in [1.54, 1.807) is 13.0 Å². The van der Waals surface area contributed by atoms with Gasteiger partial charge in [-0.3, -0.25) is 0 Å². The molecule has 5 heteroatoms. The summed E-state index contributed by atoms with van der Waals surface area (Å²) in [6, 6.07) is 5.53. The van der Waals surface area contributed by atoms with Gasteiger partial charge in [0, 0.05) is 6.07 Å². The first-order valence-corrected chi connectivity index (χ1v) is 5.28. The highest BCUT2D eigenvalue weighted by Gasteiger charge is 2.17. The molecule has 1 unspecified atom stereocenters. The van der Waals surface area contributed by atoms with E-state index in [0.29, 0.717) is 0 Å². The highest BCUT2D eigenvalue weighted by molar-refractivity contribution is 9.09. The lowest BCUT2D eigenvalue weighted by molar-refractivity contribution is -0.146.